The number of nitrogen functional groups attached to an aromatic ring is 1. The maximum atomic E-state index is 6.22. The fourth-order valence-electron chi connectivity index (χ4n) is 4.60. The van der Waals surface area contributed by atoms with Gasteiger partial charge in [-0.15, -0.1) is 0 Å². The third kappa shape index (κ3) is 4.05. The molecule has 176 valence electrons. The molecule has 1 aliphatic heterocycles. The van der Waals surface area contributed by atoms with E-state index in [4.69, 9.17) is 20.2 Å². The van der Waals surface area contributed by atoms with Crippen LogP contribution in [0.25, 0.3) is 21.5 Å². The molecule has 5 rings (SSSR count). The first-order valence-corrected chi connectivity index (χ1v) is 12.1. The summed E-state index contributed by atoms with van der Waals surface area (Å²) in [5.41, 5.74) is 12.9. The maximum Gasteiger partial charge on any atom is 0.182 e. The number of aryl methyl sites for hydroxylation is 3. The van der Waals surface area contributed by atoms with E-state index in [9.17, 15) is 0 Å². The molecule has 0 bridgehead atoms. The average molecular weight is 477 g/mol. The van der Waals surface area contributed by atoms with Crippen LogP contribution < -0.4 is 15.4 Å². The van der Waals surface area contributed by atoms with Crippen molar-refractivity contribution in [2.45, 2.75) is 40.3 Å². The monoisotopic (exact) mass is 476 g/mol. The predicted molar refractivity (Wildman–Crippen MR) is 135 cm³/mol. The van der Waals surface area contributed by atoms with E-state index in [0.29, 0.717) is 24.8 Å². The molecule has 3 aromatic heterocycles. The molecule has 2 N–H and O–H groups in total. The van der Waals surface area contributed by atoms with Gasteiger partial charge in [-0.05, 0) is 57.0 Å². The first kappa shape index (κ1) is 22.5. The molecular weight excluding hydrogens is 448 g/mol. The molecule has 0 radical (unpaired) electrons. The number of aromatic nitrogens is 4. The van der Waals surface area contributed by atoms with Gasteiger partial charge in [0.15, 0.2) is 5.13 Å². The highest BCUT2D eigenvalue weighted by Crippen LogP contribution is 2.37. The fourth-order valence-corrected chi connectivity index (χ4v) is 5.25. The minimum atomic E-state index is -0.115. The van der Waals surface area contributed by atoms with Gasteiger partial charge in [-0.2, -0.15) is 0 Å². The summed E-state index contributed by atoms with van der Waals surface area (Å²) < 4.78 is 11.9. The Hall–Kier alpha value is -3.30. The SMILES string of the molecule is COC(C)c1c(C)nc(C)nc1N1CCOc2c(C)cc(-c3cnc4sc(N)nc4c3)cc2C1. The van der Waals surface area contributed by atoms with Crippen LogP contribution >= 0.6 is 11.3 Å². The van der Waals surface area contributed by atoms with Crippen molar-refractivity contribution < 1.29 is 9.47 Å². The Labute approximate surface area is 202 Å². The molecule has 0 spiro atoms. The second-order valence-corrected chi connectivity index (χ2v) is 9.63. The van der Waals surface area contributed by atoms with Crippen LogP contribution in [-0.4, -0.2) is 40.2 Å². The number of pyridine rings is 1. The van der Waals surface area contributed by atoms with Crippen LogP contribution in [0.2, 0.25) is 0 Å². The number of thiazole rings is 1. The molecule has 0 saturated carbocycles. The summed E-state index contributed by atoms with van der Waals surface area (Å²) in [6.07, 6.45) is 1.77. The van der Waals surface area contributed by atoms with E-state index in [2.05, 4.69) is 38.9 Å². The molecule has 4 heterocycles. The number of rotatable bonds is 4. The number of methoxy groups -OCH3 is 1. The highest BCUT2D eigenvalue weighted by atomic mass is 32.1. The van der Waals surface area contributed by atoms with E-state index >= 15 is 0 Å². The normalized spacial score (nSPS) is 14.6. The largest absolute Gasteiger partial charge is 0.491 e. The maximum absolute atomic E-state index is 6.22. The lowest BCUT2D eigenvalue weighted by atomic mass is 9.99. The lowest BCUT2D eigenvalue weighted by Crippen LogP contribution is -2.28. The standard InChI is InChI=1S/C25H28N6O2S/c1-13-8-17(18-10-20-24(27-11-18)34-25(26)30-20)9-19-12-31(6-7-33-22(13)19)23-21(15(3)32-5)14(2)28-16(4)29-23/h8-11,15H,6-7,12H2,1-5H3,(H2,26,30). The van der Waals surface area contributed by atoms with Crippen LogP contribution in [0.4, 0.5) is 10.9 Å². The van der Waals surface area contributed by atoms with Gasteiger partial charge in [0.1, 0.15) is 34.3 Å². The van der Waals surface area contributed by atoms with Crippen molar-refractivity contribution in [3.05, 3.63) is 52.6 Å². The number of nitrogens with two attached hydrogens (primary N) is 1. The van der Waals surface area contributed by atoms with Crippen LogP contribution in [0.5, 0.6) is 5.75 Å². The van der Waals surface area contributed by atoms with E-state index in [0.717, 1.165) is 61.3 Å². The topological polar surface area (TPSA) is 99.3 Å². The van der Waals surface area contributed by atoms with Gasteiger partial charge >= 0.3 is 0 Å². The van der Waals surface area contributed by atoms with Gasteiger partial charge in [0.25, 0.3) is 0 Å². The van der Waals surface area contributed by atoms with Crippen molar-refractivity contribution in [2.24, 2.45) is 0 Å². The number of fused-ring (bicyclic) bond motifs is 2. The summed E-state index contributed by atoms with van der Waals surface area (Å²) in [5.74, 6) is 2.58. The molecule has 9 heteroatoms. The van der Waals surface area contributed by atoms with Crippen molar-refractivity contribution in [1.29, 1.82) is 0 Å². The number of benzene rings is 1. The second-order valence-electron chi connectivity index (χ2n) is 8.62. The van der Waals surface area contributed by atoms with Gasteiger partial charge in [-0.1, -0.05) is 11.3 Å². The van der Waals surface area contributed by atoms with Crippen LogP contribution in [0, 0.1) is 20.8 Å². The van der Waals surface area contributed by atoms with E-state index in [1.807, 2.05) is 33.0 Å². The predicted octanol–water partition coefficient (Wildman–Crippen LogP) is 4.76. The fraction of sp³-hybridized carbons (Fsp3) is 0.360. The number of ether oxygens (including phenoxy) is 2. The number of nitrogens with zero attached hydrogens (tertiary/aromatic N) is 5. The molecule has 4 aromatic rings. The van der Waals surface area contributed by atoms with E-state index in [1.165, 1.54) is 11.3 Å². The number of hydrogen-bond acceptors (Lipinski definition) is 9. The zero-order valence-corrected chi connectivity index (χ0v) is 20.9. The summed E-state index contributed by atoms with van der Waals surface area (Å²) in [7, 11) is 1.71. The average Bonchev–Trinajstić information content (AvgIpc) is 3.03. The zero-order valence-electron chi connectivity index (χ0n) is 20.0. The summed E-state index contributed by atoms with van der Waals surface area (Å²) >= 11 is 1.40. The summed E-state index contributed by atoms with van der Waals surface area (Å²) in [6, 6.07) is 6.37. The molecule has 0 amide bonds. The lowest BCUT2D eigenvalue weighted by Gasteiger charge is -2.27. The summed E-state index contributed by atoms with van der Waals surface area (Å²) in [5, 5.41) is 0.526. The summed E-state index contributed by atoms with van der Waals surface area (Å²) in [6.45, 7) is 10.0. The molecule has 0 fully saturated rings. The van der Waals surface area contributed by atoms with Crippen molar-refractivity contribution >= 4 is 32.6 Å². The Kier molecular flexibility index (Phi) is 5.83. The molecule has 1 aliphatic rings. The van der Waals surface area contributed by atoms with Crippen molar-refractivity contribution in [1.82, 2.24) is 19.9 Å². The zero-order chi connectivity index (χ0) is 24.0. The van der Waals surface area contributed by atoms with Crippen LogP contribution in [0.1, 0.15) is 41.2 Å². The Balaban J connectivity index is 1.57. The van der Waals surface area contributed by atoms with Crippen molar-refractivity contribution in [3.63, 3.8) is 0 Å². The quantitative estimate of drug-likeness (QED) is 0.450. The van der Waals surface area contributed by atoms with Crippen LogP contribution in [0.3, 0.4) is 0 Å². The van der Waals surface area contributed by atoms with Crippen molar-refractivity contribution in [2.75, 3.05) is 30.9 Å². The van der Waals surface area contributed by atoms with Gasteiger partial charge in [0.05, 0.1) is 12.6 Å². The lowest BCUT2D eigenvalue weighted by molar-refractivity contribution is 0.118. The smallest absolute Gasteiger partial charge is 0.182 e. The number of hydrogen-bond donors (Lipinski definition) is 1. The molecule has 0 aliphatic carbocycles. The highest BCUT2D eigenvalue weighted by molar-refractivity contribution is 7.21. The Bertz CT molecular complexity index is 1390. The molecular formula is C25H28N6O2S. The Morgan fingerprint density at radius 2 is 1.94 bits per heavy atom. The van der Waals surface area contributed by atoms with E-state index in [-0.39, 0.29) is 6.10 Å². The Morgan fingerprint density at radius 3 is 2.74 bits per heavy atom. The van der Waals surface area contributed by atoms with Crippen molar-refractivity contribution in [3.8, 4) is 16.9 Å². The van der Waals surface area contributed by atoms with Gasteiger partial charge in [-0.25, -0.2) is 19.9 Å². The van der Waals surface area contributed by atoms with Gasteiger partial charge in [0.2, 0.25) is 0 Å². The molecule has 34 heavy (non-hydrogen) atoms. The number of anilines is 2. The molecule has 8 nitrogen and oxygen atoms in total. The van der Waals surface area contributed by atoms with Gasteiger partial charge in [-0.3, -0.25) is 0 Å². The second kappa shape index (κ2) is 8.81. The van der Waals surface area contributed by atoms with Crippen LogP contribution in [-0.2, 0) is 11.3 Å². The third-order valence-corrected chi connectivity index (χ3v) is 7.01. The molecule has 1 unspecified atom stereocenters. The minimum absolute atomic E-state index is 0.115. The van der Waals surface area contributed by atoms with E-state index < -0.39 is 0 Å². The first-order chi connectivity index (χ1) is 16.3. The molecule has 1 aromatic carbocycles. The Morgan fingerprint density at radius 1 is 1.12 bits per heavy atom. The van der Waals surface area contributed by atoms with E-state index in [1.54, 1.807) is 7.11 Å². The molecule has 1 atom stereocenters. The summed E-state index contributed by atoms with van der Waals surface area (Å²) in [4.78, 5) is 21.5. The van der Waals surface area contributed by atoms with Gasteiger partial charge in [0, 0.05) is 42.2 Å². The van der Waals surface area contributed by atoms with Gasteiger partial charge < -0.3 is 20.1 Å². The third-order valence-electron chi connectivity index (χ3n) is 6.21. The first-order valence-electron chi connectivity index (χ1n) is 11.3. The molecule has 0 saturated heterocycles. The minimum Gasteiger partial charge on any atom is -0.491 e. The van der Waals surface area contributed by atoms with Crippen LogP contribution in [0.15, 0.2) is 24.4 Å². The highest BCUT2D eigenvalue weighted by Gasteiger charge is 2.25.